The molecule has 1 amide bonds. The Hall–Kier alpha value is -3.28. The zero-order valence-electron chi connectivity index (χ0n) is 11.4. The molecule has 1 aliphatic heterocycles. The molecule has 1 aliphatic carbocycles. The molecule has 0 radical (unpaired) electrons. The Morgan fingerprint density at radius 3 is 2.86 bits per heavy atom. The minimum atomic E-state index is -0.450. The molecule has 4 rings (SSSR count). The maximum Gasteiger partial charge on any atom is 0.248 e. The van der Waals surface area contributed by atoms with Gasteiger partial charge in [-0.25, -0.2) is 0 Å². The average Bonchev–Trinajstić information content (AvgIpc) is 2.76. The summed E-state index contributed by atoms with van der Waals surface area (Å²) in [7, 11) is 0. The van der Waals surface area contributed by atoms with Crippen LogP contribution in [0.25, 0.3) is 28.6 Å². The fraction of sp³-hybridized carbons (Fsp3) is 0. The summed E-state index contributed by atoms with van der Waals surface area (Å²) in [5, 5.41) is 13.7. The molecule has 0 unspecified atom stereocenters. The highest BCUT2D eigenvalue weighted by Gasteiger charge is 2.17. The first-order valence-corrected chi connectivity index (χ1v) is 6.72. The van der Waals surface area contributed by atoms with Gasteiger partial charge in [-0.05, 0) is 40.1 Å². The second-order valence-corrected chi connectivity index (χ2v) is 5.02. The van der Waals surface area contributed by atoms with Gasteiger partial charge in [0.1, 0.15) is 0 Å². The Kier molecular flexibility index (Phi) is 2.62. The molecular weight excluding hydrogens is 278 g/mol. The van der Waals surface area contributed by atoms with Crippen LogP contribution in [0.3, 0.4) is 0 Å². The van der Waals surface area contributed by atoms with Crippen LogP contribution in [-0.4, -0.2) is 12.1 Å². The van der Waals surface area contributed by atoms with Crippen molar-refractivity contribution in [3.8, 4) is 0 Å². The quantitative estimate of drug-likeness (QED) is 0.759. The van der Waals surface area contributed by atoms with Crippen molar-refractivity contribution >= 4 is 40.7 Å². The van der Waals surface area contributed by atoms with Gasteiger partial charge in [0, 0.05) is 11.1 Å². The van der Waals surface area contributed by atoms with E-state index in [1.54, 1.807) is 18.4 Å². The van der Waals surface area contributed by atoms with E-state index in [-0.39, 0.29) is 0 Å². The number of hydrogen-bond acceptors (Lipinski definition) is 5. The molecule has 0 saturated heterocycles. The molecule has 0 spiro atoms. The molecule has 0 fully saturated rings. The molecule has 6 heteroatoms. The van der Waals surface area contributed by atoms with Gasteiger partial charge in [0.05, 0.1) is 11.9 Å². The molecule has 6 nitrogen and oxygen atoms in total. The topological polar surface area (TPSA) is 92.2 Å². The van der Waals surface area contributed by atoms with Gasteiger partial charge in [-0.1, -0.05) is 29.5 Å². The van der Waals surface area contributed by atoms with E-state index in [0.29, 0.717) is 11.3 Å². The van der Waals surface area contributed by atoms with Crippen molar-refractivity contribution in [1.82, 2.24) is 5.53 Å². The fourth-order valence-electron chi connectivity index (χ4n) is 2.78. The lowest BCUT2D eigenvalue weighted by Crippen LogP contribution is -2.11. The SMILES string of the molecule is NC(=O)c1cc2c3c(ccc(C4=CC=NNN=N4)c3c1)C=C2. The van der Waals surface area contributed by atoms with E-state index in [2.05, 4.69) is 21.0 Å². The Labute approximate surface area is 125 Å². The summed E-state index contributed by atoms with van der Waals surface area (Å²) in [6, 6.07) is 7.61. The van der Waals surface area contributed by atoms with Crippen LogP contribution in [0, 0.1) is 0 Å². The van der Waals surface area contributed by atoms with Gasteiger partial charge in [-0.3, -0.25) is 4.79 Å². The Bertz CT molecular complexity index is 937. The Morgan fingerprint density at radius 2 is 2.00 bits per heavy atom. The first kappa shape index (κ1) is 12.5. The normalized spacial score (nSPS) is 14.8. The molecular formula is C16H11N5O. The predicted molar refractivity (Wildman–Crippen MR) is 85.9 cm³/mol. The first-order valence-electron chi connectivity index (χ1n) is 6.72. The average molecular weight is 289 g/mol. The van der Waals surface area contributed by atoms with E-state index in [1.807, 2.05) is 30.4 Å². The lowest BCUT2D eigenvalue weighted by atomic mass is 9.95. The van der Waals surface area contributed by atoms with Crippen LogP contribution in [0.15, 0.2) is 45.8 Å². The van der Waals surface area contributed by atoms with E-state index in [4.69, 9.17) is 5.73 Å². The number of carbonyl (C=O) groups excluding carboxylic acids is 1. The molecule has 2 aliphatic rings. The number of primary amides is 1. The number of rotatable bonds is 2. The van der Waals surface area contributed by atoms with Crippen molar-refractivity contribution in [3.05, 3.63) is 52.6 Å². The second-order valence-electron chi connectivity index (χ2n) is 5.02. The standard InChI is InChI=1S/C16H11N5O/c17-16(22)11-7-10-2-1-9-3-4-12(13(8-11)15(9)10)14-5-6-18-20-21-19-14/h1-8H,(H2,17,22)(H,19,20). The summed E-state index contributed by atoms with van der Waals surface area (Å²) in [6.45, 7) is 0. The van der Waals surface area contributed by atoms with E-state index < -0.39 is 5.91 Å². The van der Waals surface area contributed by atoms with Crippen LogP contribution in [-0.2, 0) is 0 Å². The van der Waals surface area contributed by atoms with E-state index in [1.165, 1.54) is 0 Å². The number of nitrogens with zero attached hydrogens (tertiary/aromatic N) is 3. The summed E-state index contributed by atoms with van der Waals surface area (Å²) < 4.78 is 0. The summed E-state index contributed by atoms with van der Waals surface area (Å²) in [5.41, 5.74) is 12.0. The second kappa shape index (κ2) is 4.63. The first-order chi connectivity index (χ1) is 10.7. The highest BCUT2D eigenvalue weighted by atomic mass is 16.1. The monoisotopic (exact) mass is 289 g/mol. The molecule has 0 atom stereocenters. The van der Waals surface area contributed by atoms with Crippen LogP contribution in [0.1, 0.15) is 27.0 Å². The largest absolute Gasteiger partial charge is 0.366 e. The number of nitrogens with one attached hydrogen (secondary N) is 1. The van der Waals surface area contributed by atoms with Gasteiger partial charge < -0.3 is 5.73 Å². The number of nitrogens with two attached hydrogens (primary N) is 1. The molecule has 2 aromatic rings. The lowest BCUT2D eigenvalue weighted by Gasteiger charge is -2.10. The zero-order valence-corrected chi connectivity index (χ0v) is 11.4. The van der Waals surface area contributed by atoms with Gasteiger partial charge >= 0.3 is 0 Å². The lowest BCUT2D eigenvalue weighted by molar-refractivity contribution is 0.100. The van der Waals surface area contributed by atoms with Crippen LogP contribution in [0.4, 0.5) is 0 Å². The van der Waals surface area contributed by atoms with Crippen LogP contribution in [0.2, 0.25) is 0 Å². The number of amides is 1. The zero-order chi connectivity index (χ0) is 15.1. The Morgan fingerprint density at radius 1 is 1.14 bits per heavy atom. The summed E-state index contributed by atoms with van der Waals surface area (Å²) >= 11 is 0. The van der Waals surface area contributed by atoms with E-state index >= 15 is 0 Å². The van der Waals surface area contributed by atoms with Gasteiger partial charge in [0.25, 0.3) is 0 Å². The van der Waals surface area contributed by atoms with Crippen LogP contribution < -0.4 is 11.3 Å². The number of allylic oxidation sites excluding steroid dienone is 1. The number of carbonyl (C=O) groups is 1. The minimum absolute atomic E-state index is 0.450. The van der Waals surface area contributed by atoms with Gasteiger partial charge in [0.15, 0.2) is 0 Å². The molecule has 1 heterocycles. The summed E-state index contributed by atoms with van der Waals surface area (Å²) in [4.78, 5) is 11.6. The van der Waals surface area contributed by atoms with Crippen molar-refractivity contribution in [1.29, 1.82) is 0 Å². The van der Waals surface area contributed by atoms with Crippen molar-refractivity contribution < 1.29 is 4.79 Å². The fourth-order valence-corrected chi connectivity index (χ4v) is 2.78. The molecule has 0 bridgehead atoms. The summed E-state index contributed by atoms with van der Waals surface area (Å²) in [6.07, 6.45) is 7.36. The molecule has 0 aromatic heterocycles. The number of hydrogen-bond donors (Lipinski definition) is 2. The van der Waals surface area contributed by atoms with Gasteiger partial charge in [-0.2, -0.15) is 10.6 Å². The van der Waals surface area contributed by atoms with Crippen molar-refractivity contribution in [2.24, 2.45) is 21.2 Å². The third-order valence-corrected chi connectivity index (χ3v) is 3.75. The van der Waals surface area contributed by atoms with Crippen LogP contribution in [0.5, 0.6) is 0 Å². The minimum Gasteiger partial charge on any atom is -0.366 e. The third kappa shape index (κ3) is 1.81. The number of hydrazone groups is 1. The molecule has 2 aromatic carbocycles. The van der Waals surface area contributed by atoms with E-state index in [0.717, 1.165) is 27.5 Å². The van der Waals surface area contributed by atoms with Gasteiger partial charge in [0.2, 0.25) is 5.91 Å². The smallest absolute Gasteiger partial charge is 0.248 e. The van der Waals surface area contributed by atoms with Crippen molar-refractivity contribution in [2.45, 2.75) is 0 Å². The molecule has 22 heavy (non-hydrogen) atoms. The summed E-state index contributed by atoms with van der Waals surface area (Å²) in [5.74, 6) is -0.450. The van der Waals surface area contributed by atoms with E-state index in [9.17, 15) is 4.79 Å². The molecule has 0 saturated carbocycles. The number of benzene rings is 2. The molecule has 106 valence electrons. The highest BCUT2D eigenvalue weighted by Crippen LogP contribution is 2.37. The van der Waals surface area contributed by atoms with Crippen molar-refractivity contribution in [3.63, 3.8) is 0 Å². The van der Waals surface area contributed by atoms with Crippen LogP contribution >= 0.6 is 0 Å². The van der Waals surface area contributed by atoms with Crippen molar-refractivity contribution in [2.75, 3.05) is 0 Å². The van der Waals surface area contributed by atoms with Gasteiger partial charge in [-0.15, -0.1) is 5.11 Å². The maximum atomic E-state index is 11.6. The predicted octanol–water partition coefficient (Wildman–Crippen LogP) is 2.72. The maximum absolute atomic E-state index is 11.6. The highest BCUT2D eigenvalue weighted by molar-refractivity contribution is 6.12. The third-order valence-electron chi connectivity index (χ3n) is 3.75. The molecule has 3 N–H and O–H groups in total. The Balaban J connectivity index is 2.05.